The highest BCUT2D eigenvalue weighted by molar-refractivity contribution is 7.90. The van der Waals surface area contributed by atoms with Gasteiger partial charge >= 0.3 is 0 Å². The second-order valence-corrected chi connectivity index (χ2v) is 8.78. The molecule has 0 saturated heterocycles. The van der Waals surface area contributed by atoms with E-state index in [-0.39, 0.29) is 0 Å². The van der Waals surface area contributed by atoms with Gasteiger partial charge < -0.3 is 4.90 Å². The molecule has 3 rings (SSSR count). The average Bonchev–Trinajstić information content (AvgIpc) is 2.95. The Labute approximate surface area is 143 Å². The molecule has 1 aromatic carbocycles. The van der Waals surface area contributed by atoms with Crippen molar-refractivity contribution in [1.29, 1.82) is 0 Å². The van der Waals surface area contributed by atoms with Crippen LogP contribution in [-0.2, 0) is 22.9 Å². The van der Waals surface area contributed by atoms with Crippen molar-refractivity contribution in [3.8, 4) is 0 Å². The maximum absolute atomic E-state index is 11.6. The summed E-state index contributed by atoms with van der Waals surface area (Å²) in [5.74, 6) is 0. The van der Waals surface area contributed by atoms with Crippen molar-refractivity contribution in [2.75, 3.05) is 33.4 Å². The Kier molecular flexibility index (Phi) is 4.76. The predicted octanol–water partition coefficient (Wildman–Crippen LogP) is 1.41. The normalized spacial score (nSPS) is 18.8. The summed E-state index contributed by atoms with van der Waals surface area (Å²) in [4.78, 5) is 4.94. The van der Waals surface area contributed by atoms with Crippen molar-refractivity contribution in [3.63, 3.8) is 0 Å². The van der Waals surface area contributed by atoms with E-state index in [0.717, 1.165) is 31.7 Å². The number of hydrogen-bond acceptors (Lipinski definition) is 5. The Morgan fingerprint density at radius 2 is 1.92 bits per heavy atom. The van der Waals surface area contributed by atoms with Gasteiger partial charge in [-0.05, 0) is 37.9 Å². The van der Waals surface area contributed by atoms with Gasteiger partial charge in [0.2, 0.25) is 0 Å². The van der Waals surface area contributed by atoms with E-state index in [0.29, 0.717) is 10.9 Å². The van der Waals surface area contributed by atoms with E-state index >= 15 is 0 Å². The van der Waals surface area contributed by atoms with E-state index in [1.54, 1.807) is 12.1 Å². The zero-order valence-corrected chi connectivity index (χ0v) is 15.2. The molecule has 0 spiro atoms. The van der Waals surface area contributed by atoms with Gasteiger partial charge in [0.1, 0.15) is 0 Å². The first-order valence-electron chi connectivity index (χ1n) is 8.01. The molecule has 0 aliphatic carbocycles. The summed E-state index contributed by atoms with van der Waals surface area (Å²) in [5, 5.41) is 4.47. The van der Waals surface area contributed by atoms with Crippen LogP contribution in [0.2, 0.25) is 0 Å². The van der Waals surface area contributed by atoms with Gasteiger partial charge in [0, 0.05) is 38.6 Å². The molecule has 1 aliphatic rings. The molecule has 130 valence electrons. The Morgan fingerprint density at radius 1 is 1.21 bits per heavy atom. The number of rotatable bonds is 5. The van der Waals surface area contributed by atoms with Crippen molar-refractivity contribution in [3.05, 3.63) is 47.8 Å². The van der Waals surface area contributed by atoms with Gasteiger partial charge in [0.15, 0.2) is 9.84 Å². The van der Waals surface area contributed by atoms with Gasteiger partial charge in [-0.15, -0.1) is 0 Å². The third-order valence-electron chi connectivity index (χ3n) is 4.29. The van der Waals surface area contributed by atoms with Gasteiger partial charge in [0.25, 0.3) is 0 Å². The molecule has 0 unspecified atom stereocenters. The Morgan fingerprint density at radius 3 is 2.54 bits per heavy atom. The summed E-state index contributed by atoms with van der Waals surface area (Å²) < 4.78 is 25.3. The molecule has 1 atom stereocenters. The van der Waals surface area contributed by atoms with Gasteiger partial charge in [-0.3, -0.25) is 9.58 Å². The summed E-state index contributed by atoms with van der Waals surface area (Å²) in [7, 11) is 1.01. The lowest BCUT2D eigenvalue weighted by Crippen LogP contribution is -2.41. The molecule has 6 nitrogen and oxygen atoms in total. The SMILES string of the molecule is CN(C)C[C@@H]1CN(Cc2ccc(S(C)(=O)=O)cc2)Cc2ccnn21. The van der Waals surface area contributed by atoms with E-state index in [9.17, 15) is 8.42 Å². The molecule has 0 amide bonds. The van der Waals surface area contributed by atoms with Crippen molar-refractivity contribution < 1.29 is 8.42 Å². The zero-order chi connectivity index (χ0) is 17.3. The summed E-state index contributed by atoms with van der Waals surface area (Å²) >= 11 is 0. The van der Waals surface area contributed by atoms with Gasteiger partial charge in [-0.25, -0.2) is 8.42 Å². The standard InChI is InChI=1S/C17H24N4O2S/c1-19(2)11-16-13-20(12-15-8-9-18-21(15)16)10-14-4-6-17(7-5-14)24(3,22)23/h4-9,16H,10-13H2,1-3H3/t16-/m1/s1. The highest BCUT2D eigenvalue weighted by atomic mass is 32.2. The highest BCUT2D eigenvalue weighted by Crippen LogP contribution is 2.23. The highest BCUT2D eigenvalue weighted by Gasteiger charge is 2.25. The monoisotopic (exact) mass is 348 g/mol. The first kappa shape index (κ1) is 17.1. The largest absolute Gasteiger partial charge is 0.307 e. The van der Waals surface area contributed by atoms with Gasteiger partial charge in [-0.1, -0.05) is 12.1 Å². The third-order valence-corrected chi connectivity index (χ3v) is 5.41. The Hall–Kier alpha value is -1.70. The molecule has 0 saturated carbocycles. The first-order chi connectivity index (χ1) is 11.3. The molecule has 0 radical (unpaired) electrons. The lowest BCUT2D eigenvalue weighted by Gasteiger charge is -2.35. The van der Waals surface area contributed by atoms with Crippen LogP contribution in [0.1, 0.15) is 17.3 Å². The molecule has 0 fully saturated rings. The van der Waals surface area contributed by atoms with Crippen LogP contribution in [0.5, 0.6) is 0 Å². The van der Waals surface area contributed by atoms with Crippen LogP contribution in [-0.4, -0.2) is 61.4 Å². The fourth-order valence-electron chi connectivity index (χ4n) is 3.24. The second kappa shape index (κ2) is 6.66. The van der Waals surface area contributed by atoms with Gasteiger partial charge in [-0.2, -0.15) is 5.10 Å². The minimum absolute atomic E-state index is 0.328. The number of benzene rings is 1. The van der Waals surface area contributed by atoms with Crippen LogP contribution in [0.25, 0.3) is 0 Å². The fraction of sp³-hybridized carbons (Fsp3) is 0.471. The molecular formula is C17H24N4O2S. The Bertz CT molecular complexity index is 796. The molecule has 0 bridgehead atoms. The van der Waals surface area contributed by atoms with E-state index in [4.69, 9.17) is 0 Å². The van der Waals surface area contributed by atoms with Crippen molar-refractivity contribution >= 4 is 9.84 Å². The average molecular weight is 348 g/mol. The van der Waals surface area contributed by atoms with Crippen LogP contribution < -0.4 is 0 Å². The summed E-state index contributed by atoms with van der Waals surface area (Å²) in [6, 6.07) is 9.59. The maximum Gasteiger partial charge on any atom is 0.175 e. The van der Waals surface area contributed by atoms with Gasteiger partial charge in [0.05, 0.1) is 16.6 Å². The molecular weight excluding hydrogens is 324 g/mol. The van der Waals surface area contributed by atoms with Crippen LogP contribution in [0, 0.1) is 0 Å². The molecule has 2 aromatic rings. The van der Waals surface area contributed by atoms with E-state index < -0.39 is 9.84 Å². The Balaban J connectivity index is 1.74. The molecule has 24 heavy (non-hydrogen) atoms. The van der Waals surface area contributed by atoms with Crippen LogP contribution in [0.15, 0.2) is 41.4 Å². The number of fused-ring (bicyclic) bond motifs is 1. The maximum atomic E-state index is 11.6. The third kappa shape index (κ3) is 3.85. The molecule has 0 N–H and O–H groups in total. The molecule has 1 aliphatic heterocycles. The lowest BCUT2D eigenvalue weighted by atomic mass is 10.1. The summed E-state index contributed by atoms with van der Waals surface area (Å²) in [5.41, 5.74) is 2.35. The van der Waals surface area contributed by atoms with Crippen LogP contribution >= 0.6 is 0 Å². The lowest BCUT2D eigenvalue weighted by molar-refractivity contribution is 0.146. The minimum Gasteiger partial charge on any atom is -0.307 e. The molecule has 2 heterocycles. The van der Waals surface area contributed by atoms with Crippen molar-refractivity contribution in [2.45, 2.75) is 24.0 Å². The fourth-order valence-corrected chi connectivity index (χ4v) is 3.87. The van der Waals surface area contributed by atoms with E-state index in [1.165, 1.54) is 11.9 Å². The molecule has 7 heteroatoms. The first-order valence-corrected chi connectivity index (χ1v) is 9.90. The topological polar surface area (TPSA) is 58.4 Å². The van der Waals surface area contributed by atoms with Crippen molar-refractivity contribution in [2.24, 2.45) is 0 Å². The zero-order valence-electron chi connectivity index (χ0n) is 14.4. The number of nitrogens with zero attached hydrogens (tertiary/aromatic N) is 4. The molecule has 1 aromatic heterocycles. The minimum atomic E-state index is -3.14. The van der Waals surface area contributed by atoms with Crippen LogP contribution in [0.4, 0.5) is 0 Å². The smallest absolute Gasteiger partial charge is 0.175 e. The number of likely N-dealkylation sites (N-methyl/N-ethyl adjacent to an activating group) is 1. The quantitative estimate of drug-likeness (QED) is 0.818. The van der Waals surface area contributed by atoms with Crippen LogP contribution in [0.3, 0.4) is 0 Å². The van der Waals surface area contributed by atoms with E-state index in [2.05, 4.69) is 39.7 Å². The number of hydrogen-bond donors (Lipinski definition) is 0. The number of aromatic nitrogens is 2. The number of sulfone groups is 1. The predicted molar refractivity (Wildman–Crippen MR) is 93.5 cm³/mol. The van der Waals surface area contributed by atoms with Crippen molar-refractivity contribution in [1.82, 2.24) is 19.6 Å². The van der Waals surface area contributed by atoms with E-state index in [1.807, 2.05) is 18.3 Å². The summed E-state index contributed by atoms with van der Waals surface area (Å²) in [6.07, 6.45) is 3.10. The summed E-state index contributed by atoms with van der Waals surface area (Å²) in [6.45, 7) is 3.54. The second-order valence-electron chi connectivity index (χ2n) is 6.77.